The van der Waals surface area contributed by atoms with Crippen LogP contribution in [0, 0.1) is 0 Å². The van der Waals surface area contributed by atoms with E-state index in [9.17, 15) is 0 Å². The first-order chi connectivity index (χ1) is 17.7. The van der Waals surface area contributed by atoms with E-state index in [1.807, 2.05) is 0 Å². The Morgan fingerprint density at radius 1 is 0.583 bits per heavy atom. The highest BCUT2D eigenvalue weighted by atomic mass is 15.1. The highest BCUT2D eigenvalue weighted by molar-refractivity contribution is 5.83. The van der Waals surface area contributed by atoms with E-state index in [0.717, 1.165) is 24.2 Å². The van der Waals surface area contributed by atoms with Crippen LogP contribution < -0.4 is 4.90 Å². The van der Waals surface area contributed by atoms with Crippen molar-refractivity contribution < 1.29 is 0 Å². The van der Waals surface area contributed by atoms with Gasteiger partial charge in [-0.3, -0.25) is 0 Å². The maximum atomic E-state index is 2.36. The molecule has 176 valence electrons. The maximum Gasteiger partial charge on any atom is 0.0462 e. The Labute approximate surface area is 214 Å². The van der Waals surface area contributed by atoms with Crippen LogP contribution in [0.3, 0.4) is 0 Å². The second kappa shape index (κ2) is 9.51. The average molecular weight is 466 g/mol. The van der Waals surface area contributed by atoms with E-state index in [0.29, 0.717) is 5.92 Å². The van der Waals surface area contributed by atoms with Crippen LogP contribution in [0.2, 0.25) is 0 Å². The second-order valence-corrected chi connectivity index (χ2v) is 9.82. The third-order valence-electron chi connectivity index (χ3n) is 7.60. The molecule has 0 saturated heterocycles. The molecule has 1 heteroatoms. The molecule has 1 unspecified atom stereocenters. The van der Waals surface area contributed by atoms with Crippen molar-refractivity contribution in [1.82, 2.24) is 0 Å². The summed E-state index contributed by atoms with van der Waals surface area (Å²) < 4.78 is 0. The number of anilines is 3. The van der Waals surface area contributed by atoms with Gasteiger partial charge in [0.25, 0.3) is 0 Å². The molecule has 0 heterocycles. The van der Waals surface area contributed by atoms with Gasteiger partial charge in [-0.1, -0.05) is 92.7 Å². The molecule has 0 aromatic heterocycles. The fourth-order valence-electron chi connectivity index (χ4n) is 5.32. The fraction of sp³-hybridized carbons (Fsp3) is 0.143. The van der Waals surface area contributed by atoms with Crippen molar-refractivity contribution in [3.8, 4) is 22.3 Å². The van der Waals surface area contributed by atoms with Crippen molar-refractivity contribution in [2.75, 3.05) is 4.90 Å². The summed E-state index contributed by atoms with van der Waals surface area (Å²) in [6, 6.07) is 44.4. The Kier molecular flexibility index (Phi) is 5.91. The van der Waals surface area contributed by atoms with Crippen molar-refractivity contribution in [2.45, 2.75) is 32.6 Å². The van der Waals surface area contributed by atoms with Gasteiger partial charge in [0.1, 0.15) is 0 Å². The number of fused-ring (bicyclic) bond motifs is 3. The normalized spacial score (nSPS) is 12.6. The van der Waals surface area contributed by atoms with Gasteiger partial charge in [-0.15, -0.1) is 0 Å². The predicted octanol–water partition coefficient (Wildman–Crippen LogP) is 9.91. The van der Waals surface area contributed by atoms with Gasteiger partial charge >= 0.3 is 0 Å². The minimum atomic E-state index is 0.572. The lowest BCUT2D eigenvalue weighted by Gasteiger charge is -2.26. The van der Waals surface area contributed by atoms with Gasteiger partial charge in [0.05, 0.1) is 0 Å². The summed E-state index contributed by atoms with van der Waals surface area (Å²) in [4.78, 5) is 2.34. The van der Waals surface area contributed by atoms with Crippen molar-refractivity contribution in [3.05, 3.63) is 138 Å². The Balaban J connectivity index is 1.35. The summed E-state index contributed by atoms with van der Waals surface area (Å²) in [5.41, 5.74) is 13.0. The molecule has 0 radical (unpaired) electrons. The highest BCUT2D eigenvalue weighted by Gasteiger charge is 2.18. The molecular formula is C35H31N. The van der Waals surface area contributed by atoms with Gasteiger partial charge in [0, 0.05) is 17.1 Å². The zero-order chi connectivity index (χ0) is 24.5. The molecule has 0 amide bonds. The number of rotatable bonds is 6. The van der Waals surface area contributed by atoms with Crippen molar-refractivity contribution in [3.63, 3.8) is 0 Å². The van der Waals surface area contributed by atoms with Crippen molar-refractivity contribution >= 4 is 17.1 Å². The van der Waals surface area contributed by atoms with Crippen LogP contribution in [0.1, 0.15) is 42.9 Å². The average Bonchev–Trinajstić information content (AvgIpc) is 3.32. The quantitative estimate of drug-likeness (QED) is 0.236. The lowest BCUT2D eigenvalue weighted by Crippen LogP contribution is -2.10. The molecule has 0 spiro atoms. The third kappa shape index (κ3) is 4.12. The monoisotopic (exact) mass is 465 g/mol. The Bertz CT molecular complexity index is 1480. The molecule has 1 nitrogen and oxygen atoms in total. The van der Waals surface area contributed by atoms with Crippen LogP contribution in [0.25, 0.3) is 22.3 Å². The molecule has 6 rings (SSSR count). The van der Waals surface area contributed by atoms with E-state index in [1.165, 1.54) is 44.6 Å². The molecule has 5 aromatic carbocycles. The minimum absolute atomic E-state index is 0.572. The summed E-state index contributed by atoms with van der Waals surface area (Å²) in [5, 5.41) is 0. The van der Waals surface area contributed by atoms with Crippen LogP contribution in [0.4, 0.5) is 17.1 Å². The van der Waals surface area contributed by atoms with Crippen LogP contribution in [-0.4, -0.2) is 0 Å². The molecule has 1 aliphatic carbocycles. The Morgan fingerprint density at radius 2 is 1.17 bits per heavy atom. The summed E-state index contributed by atoms with van der Waals surface area (Å²) in [6.45, 7) is 4.54. The van der Waals surface area contributed by atoms with Crippen LogP contribution in [0.15, 0.2) is 121 Å². The Morgan fingerprint density at radius 3 is 1.89 bits per heavy atom. The SMILES string of the molecule is CCC(C)c1ccc(N(c2ccccc2)c2ccc(-c3ccc4c(c3)-c3ccccc3C4)cc2)cc1. The van der Waals surface area contributed by atoms with E-state index >= 15 is 0 Å². The predicted molar refractivity (Wildman–Crippen MR) is 154 cm³/mol. The van der Waals surface area contributed by atoms with Gasteiger partial charge in [0.2, 0.25) is 0 Å². The number of benzene rings is 5. The lowest BCUT2D eigenvalue weighted by atomic mass is 9.97. The summed E-state index contributed by atoms with van der Waals surface area (Å²) in [5.74, 6) is 0.572. The number of para-hydroxylation sites is 1. The van der Waals surface area contributed by atoms with E-state index in [4.69, 9.17) is 0 Å². The number of nitrogens with zero attached hydrogens (tertiary/aromatic N) is 1. The van der Waals surface area contributed by atoms with Gasteiger partial charge in [-0.25, -0.2) is 0 Å². The largest absolute Gasteiger partial charge is 0.311 e. The summed E-state index contributed by atoms with van der Waals surface area (Å²) in [6.07, 6.45) is 2.18. The summed E-state index contributed by atoms with van der Waals surface area (Å²) >= 11 is 0. The molecule has 0 bridgehead atoms. The molecule has 5 aromatic rings. The van der Waals surface area contributed by atoms with Crippen LogP contribution in [-0.2, 0) is 6.42 Å². The van der Waals surface area contributed by atoms with Crippen LogP contribution in [0.5, 0.6) is 0 Å². The van der Waals surface area contributed by atoms with Gasteiger partial charge in [-0.05, 0) is 100 Å². The molecular weight excluding hydrogens is 434 g/mol. The molecule has 0 fully saturated rings. The highest BCUT2D eigenvalue weighted by Crippen LogP contribution is 2.40. The lowest BCUT2D eigenvalue weighted by molar-refractivity contribution is 0.733. The molecule has 1 aliphatic rings. The van der Waals surface area contributed by atoms with Crippen LogP contribution >= 0.6 is 0 Å². The zero-order valence-electron chi connectivity index (χ0n) is 21.0. The van der Waals surface area contributed by atoms with Crippen molar-refractivity contribution in [1.29, 1.82) is 0 Å². The van der Waals surface area contributed by atoms with E-state index < -0.39 is 0 Å². The van der Waals surface area contributed by atoms with Crippen molar-refractivity contribution in [2.24, 2.45) is 0 Å². The van der Waals surface area contributed by atoms with Gasteiger partial charge < -0.3 is 4.90 Å². The van der Waals surface area contributed by atoms with E-state index in [-0.39, 0.29) is 0 Å². The first kappa shape index (κ1) is 22.4. The van der Waals surface area contributed by atoms with Gasteiger partial charge in [-0.2, -0.15) is 0 Å². The first-order valence-electron chi connectivity index (χ1n) is 13.0. The Hall–Kier alpha value is -4.10. The standard InChI is InChI=1S/C35H31N/c1-3-25(2)26-15-19-32(20-16-26)36(31-10-5-4-6-11-31)33-21-17-27(18-22-33)28-13-14-30-23-29-9-7-8-12-34(29)35(30)24-28/h4-22,24-25H,3,23H2,1-2H3. The molecule has 0 saturated carbocycles. The minimum Gasteiger partial charge on any atom is -0.311 e. The molecule has 0 aliphatic heterocycles. The first-order valence-corrected chi connectivity index (χ1v) is 13.0. The molecule has 1 atom stereocenters. The number of hydrogen-bond donors (Lipinski definition) is 0. The summed E-state index contributed by atoms with van der Waals surface area (Å²) in [7, 11) is 0. The fourth-order valence-corrected chi connectivity index (χ4v) is 5.32. The second-order valence-electron chi connectivity index (χ2n) is 9.82. The topological polar surface area (TPSA) is 3.24 Å². The molecule has 36 heavy (non-hydrogen) atoms. The van der Waals surface area contributed by atoms with E-state index in [2.05, 4.69) is 140 Å². The third-order valence-corrected chi connectivity index (χ3v) is 7.60. The zero-order valence-corrected chi connectivity index (χ0v) is 21.0. The van der Waals surface area contributed by atoms with Gasteiger partial charge in [0.15, 0.2) is 0 Å². The van der Waals surface area contributed by atoms with E-state index in [1.54, 1.807) is 0 Å². The molecule has 0 N–H and O–H groups in total. The smallest absolute Gasteiger partial charge is 0.0462 e. The number of hydrogen-bond acceptors (Lipinski definition) is 1. The maximum absolute atomic E-state index is 2.36.